The molecule has 0 unspecified atom stereocenters. The van der Waals surface area contributed by atoms with Gasteiger partial charge in [-0.05, 0) is 18.9 Å². The van der Waals surface area contributed by atoms with Crippen molar-refractivity contribution < 1.29 is 0 Å². The predicted molar refractivity (Wildman–Crippen MR) is 38.6 cm³/mol. The largest absolute Gasteiger partial charge is 0.398 e. The van der Waals surface area contributed by atoms with E-state index in [0.29, 0.717) is 0 Å². The topological polar surface area (TPSA) is 26.0 Å². The molecule has 0 fully saturated rings. The summed E-state index contributed by atoms with van der Waals surface area (Å²) >= 11 is 4.16. The lowest BCUT2D eigenvalue weighted by molar-refractivity contribution is 0.996. The second-order valence-electron chi connectivity index (χ2n) is 1.84. The Balaban J connectivity index is 2.76. The summed E-state index contributed by atoms with van der Waals surface area (Å²) in [5.41, 5.74) is 6.31. The van der Waals surface area contributed by atoms with Crippen LogP contribution in [0.5, 0.6) is 0 Å². The minimum absolute atomic E-state index is 0.819. The van der Waals surface area contributed by atoms with Gasteiger partial charge in [-0.15, -0.1) is 12.6 Å². The Labute approximate surface area is 54.7 Å². The molecule has 0 aromatic heterocycles. The molecule has 8 heavy (non-hydrogen) atoms. The van der Waals surface area contributed by atoms with E-state index in [4.69, 9.17) is 5.73 Å². The first-order chi connectivity index (χ1) is 3.80. The van der Waals surface area contributed by atoms with Gasteiger partial charge in [-0.1, -0.05) is 6.08 Å². The van der Waals surface area contributed by atoms with E-state index in [1.807, 2.05) is 6.08 Å². The Bertz CT molecular complexity index is 147. The first-order valence-corrected chi connectivity index (χ1v) is 3.09. The molecule has 0 saturated carbocycles. The lowest BCUT2D eigenvalue weighted by Gasteiger charge is -2.04. The van der Waals surface area contributed by atoms with Crippen molar-refractivity contribution in [3.63, 3.8) is 0 Å². The van der Waals surface area contributed by atoms with Crippen LogP contribution in [-0.4, -0.2) is 0 Å². The molecule has 0 aliphatic heterocycles. The standard InChI is InChI=1S/C6H9NS/c7-5-3-1-2-4-6(5)8/h1,3,8H,2,4,7H2. The third-order valence-electron chi connectivity index (χ3n) is 1.18. The summed E-state index contributed by atoms with van der Waals surface area (Å²) in [6, 6.07) is 0. The molecule has 0 spiro atoms. The molecule has 0 atom stereocenters. The quantitative estimate of drug-likeness (QED) is 0.473. The number of hydrogen-bond donors (Lipinski definition) is 2. The molecule has 2 heteroatoms. The molecular weight excluding hydrogens is 118 g/mol. The molecule has 0 bridgehead atoms. The Hall–Kier alpha value is -0.370. The predicted octanol–water partition coefficient (Wildman–Crippen LogP) is 1.44. The van der Waals surface area contributed by atoms with Gasteiger partial charge in [0.1, 0.15) is 0 Å². The van der Waals surface area contributed by atoms with Crippen LogP contribution in [0.25, 0.3) is 0 Å². The lowest BCUT2D eigenvalue weighted by atomic mass is 10.1. The molecule has 1 rings (SSSR count). The van der Waals surface area contributed by atoms with E-state index >= 15 is 0 Å². The summed E-state index contributed by atoms with van der Waals surface area (Å²) in [5, 5.41) is 0. The van der Waals surface area contributed by atoms with Crippen LogP contribution < -0.4 is 5.73 Å². The number of rotatable bonds is 0. The Morgan fingerprint density at radius 3 is 2.75 bits per heavy atom. The van der Waals surface area contributed by atoms with Crippen molar-refractivity contribution in [1.82, 2.24) is 0 Å². The average Bonchev–Trinajstić information content (AvgIpc) is 1.77. The lowest BCUT2D eigenvalue weighted by Crippen LogP contribution is -1.98. The Kier molecular flexibility index (Phi) is 1.63. The zero-order valence-electron chi connectivity index (χ0n) is 4.59. The molecule has 44 valence electrons. The fourth-order valence-electron chi connectivity index (χ4n) is 0.671. The van der Waals surface area contributed by atoms with E-state index in [2.05, 4.69) is 18.7 Å². The Morgan fingerprint density at radius 1 is 1.62 bits per heavy atom. The third-order valence-corrected chi connectivity index (χ3v) is 1.66. The number of allylic oxidation sites excluding steroid dienone is 3. The molecular formula is C6H9NS. The Morgan fingerprint density at radius 2 is 2.38 bits per heavy atom. The minimum atomic E-state index is 0.819. The zero-order valence-corrected chi connectivity index (χ0v) is 5.49. The van der Waals surface area contributed by atoms with E-state index in [9.17, 15) is 0 Å². The molecule has 1 aliphatic carbocycles. The van der Waals surface area contributed by atoms with Crippen LogP contribution >= 0.6 is 12.6 Å². The SMILES string of the molecule is NC1=C(S)CCC=C1. The van der Waals surface area contributed by atoms with Gasteiger partial charge >= 0.3 is 0 Å². The molecule has 0 amide bonds. The number of thiol groups is 1. The summed E-state index contributed by atoms with van der Waals surface area (Å²) in [5.74, 6) is 0. The third kappa shape index (κ3) is 1.07. The molecule has 0 radical (unpaired) electrons. The average molecular weight is 127 g/mol. The van der Waals surface area contributed by atoms with Crippen LogP contribution in [0.3, 0.4) is 0 Å². The van der Waals surface area contributed by atoms with E-state index in [0.717, 1.165) is 23.4 Å². The molecule has 0 heterocycles. The van der Waals surface area contributed by atoms with E-state index < -0.39 is 0 Å². The molecule has 2 N–H and O–H groups in total. The van der Waals surface area contributed by atoms with Crippen molar-refractivity contribution >= 4 is 12.6 Å². The van der Waals surface area contributed by atoms with Crippen molar-refractivity contribution in [3.8, 4) is 0 Å². The monoisotopic (exact) mass is 127 g/mol. The van der Waals surface area contributed by atoms with Crippen LogP contribution in [-0.2, 0) is 0 Å². The first kappa shape index (κ1) is 5.76. The van der Waals surface area contributed by atoms with Crippen LogP contribution in [0.15, 0.2) is 22.8 Å². The molecule has 0 saturated heterocycles. The summed E-state index contributed by atoms with van der Waals surface area (Å²) < 4.78 is 0. The molecule has 1 nitrogen and oxygen atoms in total. The van der Waals surface area contributed by atoms with Crippen LogP contribution in [0.2, 0.25) is 0 Å². The maximum atomic E-state index is 5.49. The van der Waals surface area contributed by atoms with Gasteiger partial charge in [0.15, 0.2) is 0 Å². The van der Waals surface area contributed by atoms with Crippen LogP contribution in [0.4, 0.5) is 0 Å². The van der Waals surface area contributed by atoms with Crippen LogP contribution in [0.1, 0.15) is 12.8 Å². The highest BCUT2D eigenvalue weighted by Crippen LogP contribution is 2.17. The van der Waals surface area contributed by atoms with Gasteiger partial charge < -0.3 is 5.73 Å². The molecule has 0 aromatic rings. The summed E-state index contributed by atoms with van der Waals surface area (Å²) in [6.45, 7) is 0. The second kappa shape index (κ2) is 2.27. The van der Waals surface area contributed by atoms with E-state index in [1.165, 1.54) is 0 Å². The van der Waals surface area contributed by atoms with Gasteiger partial charge in [0.2, 0.25) is 0 Å². The fourth-order valence-corrected chi connectivity index (χ4v) is 0.875. The van der Waals surface area contributed by atoms with Crippen molar-refractivity contribution in [2.75, 3.05) is 0 Å². The van der Waals surface area contributed by atoms with E-state index in [1.54, 1.807) is 0 Å². The maximum absolute atomic E-state index is 5.49. The summed E-state index contributed by atoms with van der Waals surface area (Å²) in [4.78, 5) is 1.02. The smallest absolute Gasteiger partial charge is 0.0404 e. The van der Waals surface area contributed by atoms with Gasteiger partial charge in [-0.2, -0.15) is 0 Å². The van der Waals surface area contributed by atoms with E-state index in [-0.39, 0.29) is 0 Å². The maximum Gasteiger partial charge on any atom is 0.0404 e. The molecule has 1 aliphatic rings. The zero-order chi connectivity index (χ0) is 5.98. The number of hydrogen-bond acceptors (Lipinski definition) is 2. The van der Waals surface area contributed by atoms with Crippen molar-refractivity contribution in [2.24, 2.45) is 5.73 Å². The van der Waals surface area contributed by atoms with Crippen molar-refractivity contribution in [3.05, 3.63) is 22.8 Å². The van der Waals surface area contributed by atoms with Crippen molar-refractivity contribution in [2.45, 2.75) is 12.8 Å². The first-order valence-electron chi connectivity index (χ1n) is 2.65. The second-order valence-corrected chi connectivity index (χ2v) is 2.38. The van der Waals surface area contributed by atoms with Gasteiger partial charge in [0, 0.05) is 10.6 Å². The highest BCUT2D eigenvalue weighted by molar-refractivity contribution is 7.84. The van der Waals surface area contributed by atoms with Crippen LogP contribution in [0, 0.1) is 0 Å². The highest BCUT2D eigenvalue weighted by atomic mass is 32.1. The van der Waals surface area contributed by atoms with Gasteiger partial charge in [-0.3, -0.25) is 0 Å². The van der Waals surface area contributed by atoms with Crippen molar-refractivity contribution in [1.29, 1.82) is 0 Å². The normalized spacial score (nSPS) is 19.6. The minimum Gasteiger partial charge on any atom is -0.398 e. The van der Waals surface area contributed by atoms with Gasteiger partial charge in [-0.25, -0.2) is 0 Å². The molecule has 0 aromatic carbocycles. The summed E-state index contributed by atoms with van der Waals surface area (Å²) in [7, 11) is 0. The van der Waals surface area contributed by atoms with Gasteiger partial charge in [0.05, 0.1) is 0 Å². The highest BCUT2D eigenvalue weighted by Gasteiger charge is 1.98. The summed E-state index contributed by atoms with van der Waals surface area (Å²) in [6.07, 6.45) is 6.06. The van der Waals surface area contributed by atoms with Gasteiger partial charge in [0.25, 0.3) is 0 Å². The number of nitrogens with two attached hydrogens (primary N) is 1. The fraction of sp³-hybridized carbons (Fsp3) is 0.333.